The van der Waals surface area contributed by atoms with Crippen molar-refractivity contribution in [2.45, 2.75) is 17.0 Å². The Morgan fingerprint density at radius 2 is 2.10 bits per heavy atom. The van der Waals surface area contributed by atoms with Crippen LogP contribution in [0.25, 0.3) is 11.0 Å². The van der Waals surface area contributed by atoms with Crippen LogP contribution in [0.3, 0.4) is 0 Å². The van der Waals surface area contributed by atoms with E-state index in [0.717, 1.165) is 10.6 Å². The minimum absolute atomic E-state index is 0.0796. The number of anilines is 3. The molecule has 0 radical (unpaired) electrons. The number of carboxylic acid groups (broad SMARTS) is 1. The van der Waals surface area contributed by atoms with E-state index in [1.807, 2.05) is 29.2 Å². The molecule has 3 aliphatic heterocycles. The zero-order valence-corrected chi connectivity index (χ0v) is 21.8. The Bertz CT molecular complexity index is 1470. The number of hydrogen-bond acceptors (Lipinski definition) is 10. The Hall–Kier alpha value is -4.10. The average molecular weight is 551 g/mol. The molecule has 2 aromatic heterocycles. The van der Waals surface area contributed by atoms with Gasteiger partial charge in [-0.25, -0.2) is 9.78 Å². The molecule has 13 heteroatoms. The molecule has 3 atom stereocenters. The predicted octanol–water partition coefficient (Wildman–Crippen LogP) is 2.19. The van der Waals surface area contributed by atoms with Gasteiger partial charge in [-0.3, -0.25) is 19.5 Å². The van der Waals surface area contributed by atoms with Gasteiger partial charge < -0.3 is 30.1 Å². The standard InChI is InChI=1S/C26H26N6O6S/c1-37-23-5-3-17-24(30-23)20(6-7-27-17)31-11-16(25(34)35)19(12-31)28-9-15-10-32(26(36)38-15)14-2-4-21-18(8-14)29-22(33)13-39-21/h2-8,15-16,19,28H,9-13H2,1H3,(H,29,33)(H,34,35)/t15-,16?,19?/m1/s1. The molecule has 3 N–H and O–H groups in total. The van der Waals surface area contributed by atoms with Crippen LogP contribution in [0.2, 0.25) is 0 Å². The Labute approximate surface area is 227 Å². The molecule has 0 saturated carbocycles. The van der Waals surface area contributed by atoms with E-state index in [1.165, 1.54) is 16.7 Å². The number of carbonyl (C=O) groups excluding carboxylic acids is 2. The Morgan fingerprint density at radius 3 is 2.92 bits per heavy atom. The van der Waals surface area contributed by atoms with E-state index in [2.05, 4.69) is 20.6 Å². The number of thioether (sulfide) groups is 1. The van der Waals surface area contributed by atoms with Gasteiger partial charge in [0, 0.05) is 48.5 Å². The largest absolute Gasteiger partial charge is 0.481 e. The minimum atomic E-state index is -0.905. The van der Waals surface area contributed by atoms with Gasteiger partial charge in [-0.1, -0.05) is 0 Å². The fraction of sp³-hybridized carbons (Fsp3) is 0.346. The van der Waals surface area contributed by atoms with Gasteiger partial charge >= 0.3 is 12.1 Å². The van der Waals surface area contributed by atoms with Crippen LogP contribution in [-0.2, 0) is 14.3 Å². The molecular formula is C26H26N6O6S. The first-order valence-corrected chi connectivity index (χ1v) is 13.4. The van der Waals surface area contributed by atoms with Gasteiger partial charge in [-0.2, -0.15) is 0 Å². The molecule has 5 heterocycles. The summed E-state index contributed by atoms with van der Waals surface area (Å²) in [4.78, 5) is 49.9. The summed E-state index contributed by atoms with van der Waals surface area (Å²) < 4.78 is 10.9. The van der Waals surface area contributed by atoms with Crippen molar-refractivity contribution in [3.05, 3.63) is 42.6 Å². The second-order valence-corrected chi connectivity index (χ2v) is 10.6. The van der Waals surface area contributed by atoms with Crippen molar-refractivity contribution in [1.82, 2.24) is 15.3 Å². The number of cyclic esters (lactones) is 1. The van der Waals surface area contributed by atoms with E-state index in [9.17, 15) is 19.5 Å². The lowest BCUT2D eigenvalue weighted by atomic mass is 10.0. The van der Waals surface area contributed by atoms with Crippen molar-refractivity contribution in [2.24, 2.45) is 5.92 Å². The minimum Gasteiger partial charge on any atom is -0.481 e. The van der Waals surface area contributed by atoms with Crippen molar-refractivity contribution < 1.29 is 29.0 Å². The van der Waals surface area contributed by atoms with E-state index >= 15 is 0 Å². The highest BCUT2D eigenvalue weighted by atomic mass is 32.2. The number of carboxylic acids is 1. The maximum absolute atomic E-state index is 12.7. The van der Waals surface area contributed by atoms with Crippen LogP contribution >= 0.6 is 11.8 Å². The summed E-state index contributed by atoms with van der Waals surface area (Å²) in [5.41, 5.74) is 3.42. The van der Waals surface area contributed by atoms with Crippen LogP contribution < -0.4 is 25.2 Å². The van der Waals surface area contributed by atoms with Crippen LogP contribution in [0.1, 0.15) is 0 Å². The van der Waals surface area contributed by atoms with Gasteiger partial charge in [-0.15, -0.1) is 11.8 Å². The van der Waals surface area contributed by atoms with Gasteiger partial charge in [0.2, 0.25) is 11.8 Å². The molecule has 2 amide bonds. The SMILES string of the molecule is COc1ccc2nccc(N3CC(NC[C@@H]4CN(c5ccc6c(c5)NC(=O)CS6)C(=O)O4)C(C(=O)O)C3)c2n1. The van der Waals surface area contributed by atoms with Gasteiger partial charge in [0.1, 0.15) is 11.6 Å². The second kappa shape index (κ2) is 10.2. The molecular weight excluding hydrogens is 524 g/mol. The van der Waals surface area contributed by atoms with Crippen LogP contribution in [0.4, 0.5) is 21.9 Å². The van der Waals surface area contributed by atoms with Crippen LogP contribution in [-0.4, -0.2) is 84.2 Å². The number of fused-ring (bicyclic) bond motifs is 2. The lowest BCUT2D eigenvalue weighted by molar-refractivity contribution is -0.141. The fourth-order valence-electron chi connectivity index (χ4n) is 5.18. The van der Waals surface area contributed by atoms with Crippen molar-refractivity contribution >= 4 is 57.8 Å². The quantitative estimate of drug-likeness (QED) is 0.398. The molecule has 2 fully saturated rings. The van der Waals surface area contributed by atoms with Gasteiger partial charge in [-0.05, 0) is 30.3 Å². The lowest BCUT2D eigenvalue weighted by Gasteiger charge is -2.21. The van der Waals surface area contributed by atoms with Crippen LogP contribution in [0, 0.1) is 5.92 Å². The molecule has 0 spiro atoms. The number of carbonyl (C=O) groups is 3. The number of nitrogens with zero attached hydrogens (tertiary/aromatic N) is 4. The molecule has 202 valence electrons. The molecule has 12 nitrogen and oxygen atoms in total. The number of rotatable bonds is 7. The summed E-state index contributed by atoms with van der Waals surface area (Å²) in [5, 5.41) is 16.1. The van der Waals surface area contributed by atoms with Crippen molar-refractivity contribution in [3.8, 4) is 5.88 Å². The number of aromatic nitrogens is 2. The summed E-state index contributed by atoms with van der Waals surface area (Å²) >= 11 is 1.45. The topological polar surface area (TPSA) is 146 Å². The zero-order chi connectivity index (χ0) is 27.1. The fourth-order valence-corrected chi connectivity index (χ4v) is 5.97. The first-order chi connectivity index (χ1) is 18.9. The number of aliphatic carboxylic acids is 1. The lowest BCUT2D eigenvalue weighted by Crippen LogP contribution is -2.43. The van der Waals surface area contributed by atoms with E-state index in [-0.39, 0.29) is 11.9 Å². The Kier molecular flexibility index (Phi) is 6.61. The van der Waals surface area contributed by atoms with E-state index in [4.69, 9.17) is 9.47 Å². The number of pyridine rings is 2. The maximum atomic E-state index is 12.7. The number of methoxy groups -OCH3 is 1. The number of hydrogen-bond donors (Lipinski definition) is 3. The highest BCUT2D eigenvalue weighted by Gasteiger charge is 2.40. The third-order valence-corrected chi connectivity index (χ3v) is 8.19. The summed E-state index contributed by atoms with van der Waals surface area (Å²) in [6, 6.07) is 10.5. The summed E-state index contributed by atoms with van der Waals surface area (Å²) in [7, 11) is 1.54. The number of amides is 2. The molecule has 39 heavy (non-hydrogen) atoms. The molecule has 2 unspecified atom stereocenters. The average Bonchev–Trinajstić information content (AvgIpc) is 3.54. The first-order valence-electron chi connectivity index (χ1n) is 12.5. The van der Waals surface area contributed by atoms with Gasteiger partial charge in [0.05, 0.1) is 42.2 Å². The zero-order valence-electron chi connectivity index (χ0n) is 21.0. The van der Waals surface area contributed by atoms with Crippen molar-refractivity contribution in [2.75, 3.05) is 54.2 Å². The normalized spacial score (nSPS) is 22.5. The van der Waals surface area contributed by atoms with Gasteiger partial charge in [0.25, 0.3) is 0 Å². The molecule has 1 aromatic carbocycles. The third kappa shape index (κ3) is 4.90. The molecule has 3 aromatic rings. The molecule has 2 saturated heterocycles. The van der Waals surface area contributed by atoms with Crippen molar-refractivity contribution in [1.29, 1.82) is 0 Å². The van der Waals surface area contributed by atoms with E-state index in [1.54, 1.807) is 25.4 Å². The summed E-state index contributed by atoms with van der Waals surface area (Å²) in [6.45, 7) is 1.33. The van der Waals surface area contributed by atoms with Gasteiger partial charge in [0.15, 0.2) is 0 Å². The second-order valence-electron chi connectivity index (χ2n) is 9.55. The van der Waals surface area contributed by atoms with Crippen LogP contribution in [0.5, 0.6) is 5.88 Å². The molecule has 6 rings (SSSR count). The van der Waals surface area contributed by atoms with Crippen molar-refractivity contribution in [3.63, 3.8) is 0 Å². The first kappa shape index (κ1) is 25.2. The molecule has 3 aliphatic rings. The monoisotopic (exact) mass is 550 g/mol. The number of nitrogens with one attached hydrogen (secondary N) is 2. The maximum Gasteiger partial charge on any atom is 0.414 e. The predicted molar refractivity (Wildman–Crippen MR) is 145 cm³/mol. The smallest absolute Gasteiger partial charge is 0.414 e. The third-order valence-electron chi connectivity index (χ3n) is 7.11. The Balaban J connectivity index is 1.14. The number of benzene rings is 1. The van der Waals surface area contributed by atoms with E-state index < -0.39 is 24.1 Å². The highest BCUT2D eigenvalue weighted by molar-refractivity contribution is 8.00. The summed E-state index contributed by atoms with van der Waals surface area (Å²) in [6.07, 6.45) is 0.732. The van der Waals surface area contributed by atoms with Crippen LogP contribution in [0.15, 0.2) is 47.5 Å². The highest BCUT2D eigenvalue weighted by Crippen LogP contribution is 2.36. The molecule has 0 bridgehead atoms. The summed E-state index contributed by atoms with van der Waals surface area (Å²) in [5.74, 6) is -0.840. The molecule has 0 aliphatic carbocycles. The van der Waals surface area contributed by atoms with E-state index in [0.29, 0.717) is 60.2 Å². The Morgan fingerprint density at radius 1 is 1.23 bits per heavy atom. The number of ether oxygens (including phenoxy) is 2.